The van der Waals surface area contributed by atoms with E-state index in [1.807, 2.05) is 11.9 Å². The Kier molecular flexibility index (Phi) is 6.46. The molecule has 0 aromatic carbocycles. The summed E-state index contributed by atoms with van der Waals surface area (Å²) in [5.41, 5.74) is 0. The van der Waals surface area contributed by atoms with Crippen LogP contribution in [0.25, 0.3) is 0 Å². The van der Waals surface area contributed by atoms with Crippen LogP contribution in [0.1, 0.15) is 45.4 Å². The summed E-state index contributed by atoms with van der Waals surface area (Å²) in [5.74, 6) is 0.304. The van der Waals surface area contributed by atoms with Crippen molar-refractivity contribution in [3.8, 4) is 0 Å². The Balaban J connectivity index is 2.12. The Labute approximate surface area is 99.8 Å². The Bertz CT molecular complexity index is 200. The van der Waals surface area contributed by atoms with Crippen molar-refractivity contribution < 1.29 is 4.79 Å². The molecule has 94 valence electrons. The molecule has 1 aliphatic heterocycles. The number of hydrogen-bond donors (Lipinski definition) is 0. The number of carbonyl (C=O) groups is 1. The molecule has 1 heterocycles. The lowest BCUT2D eigenvalue weighted by molar-refractivity contribution is -0.130. The van der Waals surface area contributed by atoms with E-state index in [4.69, 9.17) is 0 Å². The van der Waals surface area contributed by atoms with Crippen LogP contribution in [0, 0.1) is 0 Å². The fourth-order valence-corrected chi connectivity index (χ4v) is 2.12. The van der Waals surface area contributed by atoms with Crippen molar-refractivity contribution in [1.82, 2.24) is 9.80 Å². The first-order chi connectivity index (χ1) is 7.74. The topological polar surface area (TPSA) is 23.6 Å². The molecule has 1 amide bonds. The third-order valence-electron chi connectivity index (χ3n) is 3.37. The standard InChI is InChI=1S/C13H26N2O/c1-3-4-8-13(16)14(2)11-12-15-9-6-5-7-10-15/h3-12H2,1-2H3. The Morgan fingerprint density at radius 3 is 2.56 bits per heavy atom. The van der Waals surface area contributed by atoms with E-state index in [0.29, 0.717) is 12.3 Å². The first-order valence-corrected chi connectivity index (χ1v) is 6.70. The quantitative estimate of drug-likeness (QED) is 0.692. The molecule has 16 heavy (non-hydrogen) atoms. The Hall–Kier alpha value is -0.570. The summed E-state index contributed by atoms with van der Waals surface area (Å²) in [6, 6.07) is 0. The zero-order valence-corrected chi connectivity index (χ0v) is 10.9. The van der Waals surface area contributed by atoms with Crippen LogP contribution in [0.4, 0.5) is 0 Å². The summed E-state index contributed by atoms with van der Waals surface area (Å²) in [5, 5.41) is 0. The molecule has 0 spiro atoms. The van der Waals surface area contributed by atoms with Gasteiger partial charge in [0.2, 0.25) is 5.91 Å². The largest absolute Gasteiger partial charge is 0.344 e. The second kappa shape index (κ2) is 7.66. The fraction of sp³-hybridized carbons (Fsp3) is 0.923. The highest BCUT2D eigenvalue weighted by molar-refractivity contribution is 5.75. The first kappa shape index (κ1) is 13.5. The van der Waals surface area contributed by atoms with Crippen molar-refractivity contribution in [2.24, 2.45) is 0 Å². The van der Waals surface area contributed by atoms with Gasteiger partial charge in [-0.3, -0.25) is 4.79 Å². The molecule has 1 aliphatic rings. The van der Waals surface area contributed by atoms with Crippen molar-refractivity contribution in [2.75, 3.05) is 33.2 Å². The van der Waals surface area contributed by atoms with E-state index in [2.05, 4.69) is 11.8 Å². The molecule has 3 heteroatoms. The van der Waals surface area contributed by atoms with E-state index < -0.39 is 0 Å². The van der Waals surface area contributed by atoms with Gasteiger partial charge >= 0.3 is 0 Å². The third kappa shape index (κ3) is 4.97. The number of amides is 1. The first-order valence-electron chi connectivity index (χ1n) is 6.70. The van der Waals surface area contributed by atoms with Crippen molar-refractivity contribution in [1.29, 1.82) is 0 Å². The number of unbranched alkanes of at least 4 members (excludes halogenated alkanes) is 1. The van der Waals surface area contributed by atoms with E-state index in [1.54, 1.807) is 0 Å². The maximum atomic E-state index is 11.7. The maximum absolute atomic E-state index is 11.7. The number of likely N-dealkylation sites (tertiary alicyclic amines) is 1. The molecule has 0 saturated carbocycles. The van der Waals surface area contributed by atoms with Gasteiger partial charge in [-0.2, -0.15) is 0 Å². The van der Waals surface area contributed by atoms with Gasteiger partial charge in [0, 0.05) is 26.6 Å². The van der Waals surface area contributed by atoms with Crippen molar-refractivity contribution >= 4 is 5.91 Å². The fourth-order valence-electron chi connectivity index (χ4n) is 2.12. The molecule has 3 nitrogen and oxygen atoms in total. The van der Waals surface area contributed by atoms with Gasteiger partial charge in [0.25, 0.3) is 0 Å². The number of likely N-dealkylation sites (N-methyl/N-ethyl adjacent to an activating group) is 1. The average Bonchev–Trinajstić information content (AvgIpc) is 2.34. The zero-order chi connectivity index (χ0) is 11.8. The van der Waals surface area contributed by atoms with Crippen molar-refractivity contribution in [2.45, 2.75) is 45.4 Å². The lowest BCUT2D eigenvalue weighted by Crippen LogP contribution is -2.38. The summed E-state index contributed by atoms with van der Waals surface area (Å²) >= 11 is 0. The van der Waals surface area contributed by atoms with Crippen LogP contribution in [0.15, 0.2) is 0 Å². The number of hydrogen-bond acceptors (Lipinski definition) is 2. The predicted octanol–water partition coefficient (Wildman–Crippen LogP) is 2.12. The maximum Gasteiger partial charge on any atom is 0.222 e. The average molecular weight is 226 g/mol. The van der Waals surface area contributed by atoms with Gasteiger partial charge < -0.3 is 9.80 Å². The van der Waals surface area contributed by atoms with Crippen molar-refractivity contribution in [3.63, 3.8) is 0 Å². The molecule has 0 atom stereocenters. The Morgan fingerprint density at radius 1 is 1.25 bits per heavy atom. The minimum Gasteiger partial charge on any atom is -0.344 e. The highest BCUT2D eigenvalue weighted by Gasteiger charge is 2.12. The van der Waals surface area contributed by atoms with Gasteiger partial charge in [-0.05, 0) is 32.4 Å². The third-order valence-corrected chi connectivity index (χ3v) is 3.37. The van der Waals surface area contributed by atoms with E-state index in [-0.39, 0.29) is 0 Å². The van der Waals surface area contributed by atoms with Crippen molar-refractivity contribution in [3.05, 3.63) is 0 Å². The summed E-state index contributed by atoms with van der Waals surface area (Å²) in [4.78, 5) is 16.1. The highest BCUT2D eigenvalue weighted by Crippen LogP contribution is 2.08. The minimum absolute atomic E-state index is 0.304. The SMILES string of the molecule is CCCCC(=O)N(C)CCN1CCCCC1. The summed E-state index contributed by atoms with van der Waals surface area (Å²) < 4.78 is 0. The summed E-state index contributed by atoms with van der Waals surface area (Å²) in [6.45, 7) is 6.51. The van der Waals surface area contributed by atoms with Gasteiger partial charge in [-0.25, -0.2) is 0 Å². The number of piperidine rings is 1. The summed E-state index contributed by atoms with van der Waals surface area (Å²) in [7, 11) is 1.93. The second-order valence-corrected chi connectivity index (χ2v) is 4.82. The van der Waals surface area contributed by atoms with Gasteiger partial charge in [0.15, 0.2) is 0 Å². The van der Waals surface area contributed by atoms with E-state index in [0.717, 1.165) is 25.9 Å². The molecule has 0 unspecified atom stereocenters. The second-order valence-electron chi connectivity index (χ2n) is 4.82. The number of carbonyl (C=O) groups excluding carboxylic acids is 1. The normalized spacial score (nSPS) is 17.4. The monoisotopic (exact) mass is 226 g/mol. The minimum atomic E-state index is 0.304. The van der Waals surface area contributed by atoms with Crippen LogP contribution in [0.5, 0.6) is 0 Å². The molecular weight excluding hydrogens is 200 g/mol. The molecule has 0 aromatic heterocycles. The number of nitrogens with zero attached hydrogens (tertiary/aromatic N) is 2. The molecule has 0 bridgehead atoms. The molecule has 0 radical (unpaired) electrons. The Morgan fingerprint density at radius 2 is 1.94 bits per heavy atom. The van der Waals surface area contributed by atoms with Crippen LogP contribution in [0.3, 0.4) is 0 Å². The molecular formula is C13H26N2O. The van der Waals surface area contributed by atoms with Gasteiger partial charge in [0.05, 0.1) is 0 Å². The van der Waals surface area contributed by atoms with Crippen LogP contribution >= 0.6 is 0 Å². The van der Waals surface area contributed by atoms with Gasteiger partial charge in [-0.1, -0.05) is 19.8 Å². The molecule has 1 fully saturated rings. The van der Waals surface area contributed by atoms with Gasteiger partial charge in [0.1, 0.15) is 0 Å². The van der Waals surface area contributed by atoms with Crippen LogP contribution < -0.4 is 0 Å². The highest BCUT2D eigenvalue weighted by atomic mass is 16.2. The smallest absolute Gasteiger partial charge is 0.222 e. The molecule has 1 rings (SSSR count). The number of rotatable bonds is 6. The summed E-state index contributed by atoms with van der Waals surface area (Å²) in [6.07, 6.45) is 6.87. The molecule has 1 saturated heterocycles. The lowest BCUT2D eigenvalue weighted by atomic mass is 10.1. The predicted molar refractivity (Wildman–Crippen MR) is 67.5 cm³/mol. The van der Waals surface area contributed by atoms with E-state index in [9.17, 15) is 4.79 Å². The van der Waals surface area contributed by atoms with E-state index in [1.165, 1.54) is 32.4 Å². The molecule has 0 N–H and O–H groups in total. The zero-order valence-electron chi connectivity index (χ0n) is 10.9. The van der Waals surface area contributed by atoms with Crippen LogP contribution in [-0.4, -0.2) is 48.9 Å². The van der Waals surface area contributed by atoms with Crippen LogP contribution in [0.2, 0.25) is 0 Å². The van der Waals surface area contributed by atoms with Crippen LogP contribution in [-0.2, 0) is 4.79 Å². The lowest BCUT2D eigenvalue weighted by Gasteiger charge is -2.28. The van der Waals surface area contributed by atoms with Gasteiger partial charge in [-0.15, -0.1) is 0 Å². The molecule has 0 aromatic rings. The molecule has 0 aliphatic carbocycles. The van der Waals surface area contributed by atoms with E-state index >= 15 is 0 Å².